The van der Waals surface area contributed by atoms with Crippen molar-refractivity contribution in [1.29, 1.82) is 0 Å². The van der Waals surface area contributed by atoms with Gasteiger partial charge < -0.3 is 24.4 Å². The number of amides is 2. The molecule has 0 aromatic heterocycles. The number of fused-ring (bicyclic) bond motifs is 1. The van der Waals surface area contributed by atoms with Crippen LogP contribution in [-0.2, 0) is 4.79 Å². The molecule has 1 aliphatic heterocycles. The topological polar surface area (TPSA) is 77.1 Å². The van der Waals surface area contributed by atoms with E-state index in [9.17, 15) is 9.59 Å². The summed E-state index contributed by atoms with van der Waals surface area (Å²) in [6, 6.07) is 18.1. The number of benzene rings is 3. The van der Waals surface area contributed by atoms with E-state index in [4.69, 9.17) is 14.2 Å². The second-order valence-electron chi connectivity index (χ2n) is 9.17. The highest BCUT2D eigenvalue weighted by atomic mass is 16.5. The van der Waals surface area contributed by atoms with Crippen LogP contribution in [-0.4, -0.2) is 45.1 Å². The maximum Gasteiger partial charge on any atom is 0.254 e. The number of rotatable bonds is 7. The standard InChI is InChI=1S/C29H32N2O5/c1-17(2)18-7-11-20(12-8-18)30-28(32)26-22-15-24(35-5)25(36-6)16-23(22)29(33)31(3)27(26)19-9-13-21(34-4)14-10-19/h7-17,26-27H,1-6H3,(H,30,32)/t26-,27-/m1/s1. The molecule has 2 atom stereocenters. The van der Waals surface area contributed by atoms with E-state index in [1.807, 2.05) is 48.5 Å². The fourth-order valence-electron chi connectivity index (χ4n) is 4.72. The number of hydrogen-bond donors (Lipinski definition) is 1. The highest BCUT2D eigenvalue weighted by molar-refractivity contribution is 6.04. The fraction of sp³-hybridized carbons (Fsp3) is 0.310. The van der Waals surface area contributed by atoms with Crippen LogP contribution in [0.3, 0.4) is 0 Å². The molecule has 36 heavy (non-hydrogen) atoms. The first-order valence-electron chi connectivity index (χ1n) is 11.9. The van der Waals surface area contributed by atoms with Gasteiger partial charge in [0.25, 0.3) is 5.91 Å². The second kappa shape index (κ2) is 10.3. The Bertz CT molecular complexity index is 1250. The third-order valence-electron chi connectivity index (χ3n) is 6.76. The molecule has 3 aromatic carbocycles. The highest BCUT2D eigenvalue weighted by Gasteiger charge is 2.43. The van der Waals surface area contributed by atoms with Crippen LogP contribution in [0.1, 0.15) is 58.8 Å². The minimum absolute atomic E-state index is 0.197. The van der Waals surface area contributed by atoms with Crippen LogP contribution < -0.4 is 19.5 Å². The molecule has 0 aliphatic carbocycles. The van der Waals surface area contributed by atoms with Crippen molar-refractivity contribution < 1.29 is 23.8 Å². The van der Waals surface area contributed by atoms with Crippen LogP contribution in [0.25, 0.3) is 0 Å². The molecular formula is C29H32N2O5. The molecule has 4 rings (SSSR count). The van der Waals surface area contributed by atoms with Gasteiger partial charge in [-0.05, 0) is 59.0 Å². The molecule has 0 unspecified atom stereocenters. The Morgan fingerprint density at radius 1 is 0.889 bits per heavy atom. The zero-order chi connectivity index (χ0) is 26.0. The number of ether oxygens (including phenoxy) is 3. The van der Waals surface area contributed by atoms with Gasteiger partial charge in [0.15, 0.2) is 11.5 Å². The minimum Gasteiger partial charge on any atom is -0.497 e. The van der Waals surface area contributed by atoms with E-state index >= 15 is 0 Å². The molecule has 3 aromatic rings. The number of anilines is 1. The smallest absolute Gasteiger partial charge is 0.254 e. The average Bonchev–Trinajstić information content (AvgIpc) is 2.90. The van der Waals surface area contributed by atoms with E-state index < -0.39 is 12.0 Å². The third-order valence-corrected chi connectivity index (χ3v) is 6.76. The number of methoxy groups -OCH3 is 3. The van der Waals surface area contributed by atoms with Crippen molar-refractivity contribution in [2.75, 3.05) is 33.7 Å². The number of nitrogens with zero attached hydrogens (tertiary/aromatic N) is 1. The van der Waals surface area contributed by atoms with Crippen LogP contribution in [0.4, 0.5) is 5.69 Å². The Morgan fingerprint density at radius 3 is 2.06 bits per heavy atom. The van der Waals surface area contributed by atoms with E-state index in [2.05, 4.69) is 19.2 Å². The Labute approximate surface area is 212 Å². The Morgan fingerprint density at radius 2 is 1.50 bits per heavy atom. The van der Waals surface area contributed by atoms with Crippen molar-refractivity contribution in [3.05, 3.63) is 82.9 Å². The lowest BCUT2D eigenvalue weighted by atomic mass is 9.79. The lowest BCUT2D eigenvalue weighted by Gasteiger charge is -2.40. The molecule has 0 saturated carbocycles. The van der Waals surface area contributed by atoms with Crippen LogP contribution in [0.2, 0.25) is 0 Å². The van der Waals surface area contributed by atoms with Crippen LogP contribution in [0.15, 0.2) is 60.7 Å². The van der Waals surface area contributed by atoms with Gasteiger partial charge in [-0.1, -0.05) is 38.1 Å². The maximum atomic E-state index is 13.9. The summed E-state index contributed by atoms with van der Waals surface area (Å²) in [6.07, 6.45) is 0. The Kier molecular flexibility index (Phi) is 7.20. The SMILES string of the molecule is COc1ccc([C@@H]2[C@H](C(=O)Nc3ccc(C(C)C)cc3)c3cc(OC)c(OC)cc3C(=O)N2C)cc1. The molecule has 7 nitrogen and oxygen atoms in total. The molecule has 0 spiro atoms. The molecule has 2 amide bonds. The van der Waals surface area contributed by atoms with Gasteiger partial charge in [-0.3, -0.25) is 9.59 Å². The normalized spacial score (nSPS) is 17.0. The Balaban J connectivity index is 1.82. The van der Waals surface area contributed by atoms with Crippen LogP contribution >= 0.6 is 0 Å². The molecule has 188 valence electrons. The second-order valence-corrected chi connectivity index (χ2v) is 9.17. The van der Waals surface area contributed by atoms with Crippen molar-refractivity contribution >= 4 is 17.5 Å². The van der Waals surface area contributed by atoms with Gasteiger partial charge in [-0.2, -0.15) is 0 Å². The number of carbonyl (C=O) groups excluding carboxylic acids is 2. The van der Waals surface area contributed by atoms with Crippen molar-refractivity contribution in [2.24, 2.45) is 0 Å². The number of carbonyl (C=O) groups is 2. The summed E-state index contributed by atoms with van der Waals surface area (Å²) >= 11 is 0. The number of nitrogens with one attached hydrogen (secondary N) is 1. The monoisotopic (exact) mass is 488 g/mol. The summed E-state index contributed by atoms with van der Waals surface area (Å²) in [7, 11) is 6.37. The van der Waals surface area contributed by atoms with Crippen molar-refractivity contribution in [1.82, 2.24) is 4.90 Å². The van der Waals surface area contributed by atoms with Crippen molar-refractivity contribution in [2.45, 2.75) is 31.7 Å². The molecule has 1 N–H and O–H groups in total. The largest absolute Gasteiger partial charge is 0.497 e. The van der Waals surface area contributed by atoms with E-state index in [-0.39, 0.29) is 11.8 Å². The van der Waals surface area contributed by atoms with Gasteiger partial charge in [-0.25, -0.2) is 0 Å². The lowest BCUT2D eigenvalue weighted by Crippen LogP contribution is -2.44. The zero-order valence-corrected chi connectivity index (χ0v) is 21.5. The number of hydrogen-bond acceptors (Lipinski definition) is 5. The fourth-order valence-corrected chi connectivity index (χ4v) is 4.72. The van der Waals surface area contributed by atoms with Gasteiger partial charge in [0.1, 0.15) is 5.75 Å². The Hall–Kier alpha value is -4.00. The van der Waals surface area contributed by atoms with Gasteiger partial charge in [0, 0.05) is 18.3 Å². The summed E-state index contributed by atoms with van der Waals surface area (Å²) in [5.41, 5.74) is 3.71. The molecular weight excluding hydrogens is 456 g/mol. The first-order valence-corrected chi connectivity index (χ1v) is 11.9. The molecule has 0 bridgehead atoms. The van der Waals surface area contributed by atoms with E-state index in [1.54, 1.807) is 31.2 Å². The first kappa shape index (κ1) is 25.1. The predicted molar refractivity (Wildman–Crippen MR) is 139 cm³/mol. The third kappa shape index (κ3) is 4.61. The molecule has 7 heteroatoms. The quantitative estimate of drug-likeness (QED) is 0.483. The van der Waals surface area contributed by atoms with Crippen LogP contribution in [0, 0.1) is 0 Å². The van der Waals surface area contributed by atoms with Crippen molar-refractivity contribution in [3.63, 3.8) is 0 Å². The van der Waals surface area contributed by atoms with E-state index in [1.165, 1.54) is 19.8 Å². The molecule has 0 saturated heterocycles. The minimum atomic E-state index is -0.694. The maximum absolute atomic E-state index is 13.9. The summed E-state index contributed by atoms with van der Waals surface area (Å²) < 4.78 is 16.3. The van der Waals surface area contributed by atoms with Crippen molar-refractivity contribution in [3.8, 4) is 17.2 Å². The average molecular weight is 489 g/mol. The first-order chi connectivity index (χ1) is 17.3. The van der Waals surface area contributed by atoms with Gasteiger partial charge in [0.05, 0.1) is 33.3 Å². The van der Waals surface area contributed by atoms with Gasteiger partial charge in [-0.15, -0.1) is 0 Å². The predicted octanol–water partition coefficient (Wildman–Crippen LogP) is 5.39. The summed E-state index contributed by atoms with van der Waals surface area (Å²) in [4.78, 5) is 29.0. The van der Waals surface area contributed by atoms with Crippen LogP contribution in [0.5, 0.6) is 17.2 Å². The molecule has 1 heterocycles. The lowest BCUT2D eigenvalue weighted by molar-refractivity contribution is -0.119. The molecule has 1 aliphatic rings. The van der Waals surface area contributed by atoms with E-state index in [0.717, 1.165) is 5.56 Å². The summed E-state index contributed by atoms with van der Waals surface area (Å²) in [5.74, 6) is 0.868. The highest BCUT2D eigenvalue weighted by Crippen LogP contribution is 2.46. The van der Waals surface area contributed by atoms with Gasteiger partial charge >= 0.3 is 0 Å². The summed E-state index contributed by atoms with van der Waals surface area (Å²) in [5, 5.41) is 3.07. The number of likely N-dealkylation sites (N-methyl/N-ethyl adjacent to an activating group) is 1. The summed E-state index contributed by atoms with van der Waals surface area (Å²) in [6.45, 7) is 4.25. The molecule has 0 fully saturated rings. The molecule has 0 radical (unpaired) electrons. The van der Waals surface area contributed by atoms with E-state index in [0.29, 0.717) is 40.0 Å². The zero-order valence-electron chi connectivity index (χ0n) is 21.5. The van der Waals surface area contributed by atoms with Gasteiger partial charge in [0.2, 0.25) is 5.91 Å².